The minimum Gasteiger partial charge on any atom is -0.339 e. The topological polar surface area (TPSA) is 64.0 Å². The lowest BCUT2D eigenvalue weighted by Gasteiger charge is -2.09. The molecule has 1 rings (SSSR count). The number of sulfonamides is 1. The van der Waals surface area contributed by atoms with Crippen molar-refractivity contribution in [2.24, 2.45) is 7.05 Å². The molecule has 0 amide bonds. The summed E-state index contributed by atoms with van der Waals surface area (Å²) in [4.78, 5) is 3.79. The maximum Gasteiger partial charge on any atom is 0.259 e. The second-order valence-corrected chi connectivity index (χ2v) is 4.97. The largest absolute Gasteiger partial charge is 0.339 e. The van der Waals surface area contributed by atoms with E-state index in [1.807, 2.05) is 13.8 Å². The summed E-state index contributed by atoms with van der Waals surface area (Å²) in [6.45, 7) is 3.74. The lowest BCUT2D eigenvalue weighted by atomic mass is 10.3. The molecule has 0 spiro atoms. The standard InChI is InChI=1S/C8H15N3O2S/c1-4-7(2)10-14(12,13)8-5-11(3)6-9-8/h5-7,10H,4H2,1-3H3. The molecule has 0 bridgehead atoms. The van der Waals surface area contributed by atoms with E-state index in [0.717, 1.165) is 6.42 Å². The van der Waals surface area contributed by atoms with E-state index < -0.39 is 10.0 Å². The predicted molar refractivity (Wildman–Crippen MR) is 53.3 cm³/mol. The van der Waals surface area contributed by atoms with E-state index in [4.69, 9.17) is 0 Å². The SMILES string of the molecule is CCC(C)NS(=O)(=O)c1cn(C)cn1. The molecule has 1 aromatic heterocycles. The number of aryl methyl sites for hydroxylation is 1. The van der Waals surface area contributed by atoms with Gasteiger partial charge in [0.1, 0.15) is 0 Å². The van der Waals surface area contributed by atoms with Crippen molar-refractivity contribution in [3.05, 3.63) is 12.5 Å². The first-order chi connectivity index (χ1) is 6.45. The molecule has 1 N–H and O–H groups in total. The first kappa shape index (κ1) is 11.2. The van der Waals surface area contributed by atoms with Crippen LogP contribution in [0, 0.1) is 0 Å². The molecule has 5 nitrogen and oxygen atoms in total. The Morgan fingerprint density at radius 2 is 2.29 bits per heavy atom. The Morgan fingerprint density at radius 1 is 1.64 bits per heavy atom. The highest BCUT2D eigenvalue weighted by molar-refractivity contribution is 7.89. The second-order valence-electron chi connectivity index (χ2n) is 3.31. The molecule has 80 valence electrons. The van der Waals surface area contributed by atoms with Crippen molar-refractivity contribution in [1.29, 1.82) is 0 Å². The number of hydrogen-bond donors (Lipinski definition) is 1. The maximum absolute atomic E-state index is 11.6. The Labute approximate surface area is 84.2 Å². The van der Waals surface area contributed by atoms with E-state index in [1.54, 1.807) is 11.6 Å². The Morgan fingerprint density at radius 3 is 2.71 bits per heavy atom. The average Bonchev–Trinajstić information content (AvgIpc) is 2.51. The van der Waals surface area contributed by atoms with Gasteiger partial charge in [-0.2, -0.15) is 0 Å². The fourth-order valence-electron chi connectivity index (χ4n) is 0.936. The maximum atomic E-state index is 11.6. The number of nitrogens with zero attached hydrogens (tertiary/aromatic N) is 2. The van der Waals surface area contributed by atoms with Crippen LogP contribution in [-0.2, 0) is 17.1 Å². The number of rotatable bonds is 4. The molecule has 0 saturated heterocycles. The fourth-order valence-corrected chi connectivity index (χ4v) is 2.24. The minimum absolute atomic E-state index is 0.0676. The summed E-state index contributed by atoms with van der Waals surface area (Å²) >= 11 is 0. The molecule has 0 aromatic carbocycles. The summed E-state index contributed by atoms with van der Waals surface area (Å²) < 4.78 is 27.4. The summed E-state index contributed by atoms with van der Waals surface area (Å²) in [6.07, 6.45) is 3.70. The van der Waals surface area contributed by atoms with Crippen LogP contribution in [0.4, 0.5) is 0 Å². The van der Waals surface area contributed by atoms with Gasteiger partial charge in [0.05, 0.1) is 6.33 Å². The van der Waals surface area contributed by atoms with Gasteiger partial charge >= 0.3 is 0 Å². The lowest BCUT2D eigenvalue weighted by molar-refractivity contribution is 0.553. The van der Waals surface area contributed by atoms with Gasteiger partial charge in [-0.3, -0.25) is 0 Å². The van der Waals surface area contributed by atoms with E-state index in [9.17, 15) is 8.42 Å². The molecular weight excluding hydrogens is 202 g/mol. The van der Waals surface area contributed by atoms with E-state index in [0.29, 0.717) is 0 Å². The Balaban J connectivity index is 2.86. The highest BCUT2D eigenvalue weighted by Gasteiger charge is 2.18. The van der Waals surface area contributed by atoms with Crippen molar-refractivity contribution in [3.63, 3.8) is 0 Å². The molecule has 0 saturated carbocycles. The van der Waals surface area contributed by atoms with E-state index in [2.05, 4.69) is 9.71 Å². The monoisotopic (exact) mass is 217 g/mol. The molecule has 1 unspecified atom stereocenters. The molecule has 6 heteroatoms. The van der Waals surface area contributed by atoms with Crippen molar-refractivity contribution in [1.82, 2.24) is 14.3 Å². The normalized spacial score (nSPS) is 14.2. The van der Waals surface area contributed by atoms with Crippen LogP contribution in [-0.4, -0.2) is 24.0 Å². The Kier molecular flexibility index (Phi) is 3.28. The van der Waals surface area contributed by atoms with E-state index in [1.165, 1.54) is 12.5 Å². The van der Waals surface area contributed by atoms with Gasteiger partial charge in [0.2, 0.25) is 0 Å². The summed E-state index contributed by atoms with van der Waals surface area (Å²) in [5.41, 5.74) is 0. The average molecular weight is 217 g/mol. The van der Waals surface area contributed by atoms with Crippen molar-refractivity contribution < 1.29 is 8.42 Å². The second kappa shape index (κ2) is 4.10. The van der Waals surface area contributed by atoms with Gasteiger partial charge in [0.25, 0.3) is 10.0 Å². The van der Waals surface area contributed by atoms with Crippen LogP contribution >= 0.6 is 0 Å². The highest BCUT2D eigenvalue weighted by atomic mass is 32.2. The summed E-state index contributed by atoms with van der Waals surface area (Å²) in [5, 5.41) is 0.0697. The molecule has 1 aromatic rings. The first-order valence-electron chi connectivity index (χ1n) is 4.46. The van der Waals surface area contributed by atoms with Gasteiger partial charge in [0.15, 0.2) is 5.03 Å². The van der Waals surface area contributed by atoms with Gasteiger partial charge in [-0.25, -0.2) is 18.1 Å². The van der Waals surface area contributed by atoms with Gasteiger partial charge in [-0.15, -0.1) is 0 Å². The van der Waals surface area contributed by atoms with Gasteiger partial charge in [0, 0.05) is 19.3 Å². The minimum atomic E-state index is -3.43. The number of imidazole rings is 1. The number of aromatic nitrogens is 2. The molecular formula is C8H15N3O2S. The third-order valence-corrected chi connectivity index (χ3v) is 3.40. The summed E-state index contributed by atoms with van der Waals surface area (Å²) in [6, 6.07) is -0.0676. The van der Waals surface area contributed by atoms with Crippen LogP contribution in [0.3, 0.4) is 0 Å². The lowest BCUT2D eigenvalue weighted by Crippen LogP contribution is -2.32. The van der Waals surface area contributed by atoms with Crippen LogP contribution in [0.5, 0.6) is 0 Å². The van der Waals surface area contributed by atoms with Crippen LogP contribution in [0.1, 0.15) is 20.3 Å². The summed E-state index contributed by atoms with van der Waals surface area (Å²) in [7, 11) is -1.70. The molecule has 0 fully saturated rings. The highest BCUT2D eigenvalue weighted by Crippen LogP contribution is 2.05. The first-order valence-corrected chi connectivity index (χ1v) is 5.94. The third kappa shape index (κ3) is 2.55. The number of nitrogens with one attached hydrogen (secondary N) is 1. The fraction of sp³-hybridized carbons (Fsp3) is 0.625. The van der Waals surface area contributed by atoms with Crippen molar-refractivity contribution in [2.75, 3.05) is 0 Å². The zero-order valence-electron chi connectivity index (χ0n) is 8.56. The molecule has 14 heavy (non-hydrogen) atoms. The van der Waals surface area contributed by atoms with Gasteiger partial charge < -0.3 is 4.57 Å². The van der Waals surface area contributed by atoms with Crippen LogP contribution in [0.2, 0.25) is 0 Å². The molecule has 1 atom stereocenters. The van der Waals surface area contributed by atoms with Crippen LogP contribution in [0.25, 0.3) is 0 Å². The zero-order valence-corrected chi connectivity index (χ0v) is 9.37. The van der Waals surface area contributed by atoms with Crippen molar-refractivity contribution >= 4 is 10.0 Å². The summed E-state index contributed by atoms with van der Waals surface area (Å²) in [5.74, 6) is 0. The Hall–Kier alpha value is -0.880. The quantitative estimate of drug-likeness (QED) is 0.798. The molecule has 0 radical (unpaired) electrons. The smallest absolute Gasteiger partial charge is 0.259 e. The van der Waals surface area contributed by atoms with Crippen molar-refractivity contribution in [2.45, 2.75) is 31.3 Å². The van der Waals surface area contributed by atoms with Crippen LogP contribution in [0.15, 0.2) is 17.6 Å². The third-order valence-electron chi connectivity index (χ3n) is 1.93. The van der Waals surface area contributed by atoms with Gasteiger partial charge in [-0.1, -0.05) is 6.92 Å². The Bertz CT molecular complexity index is 396. The van der Waals surface area contributed by atoms with E-state index >= 15 is 0 Å². The molecule has 0 aliphatic carbocycles. The zero-order chi connectivity index (χ0) is 10.8. The van der Waals surface area contributed by atoms with Gasteiger partial charge in [-0.05, 0) is 13.3 Å². The van der Waals surface area contributed by atoms with Crippen LogP contribution < -0.4 is 4.72 Å². The van der Waals surface area contributed by atoms with Crippen molar-refractivity contribution in [3.8, 4) is 0 Å². The van der Waals surface area contributed by atoms with E-state index in [-0.39, 0.29) is 11.1 Å². The predicted octanol–water partition coefficient (Wildman–Crippen LogP) is 0.497. The molecule has 0 aliphatic rings. The molecule has 0 aliphatic heterocycles. The number of hydrogen-bond acceptors (Lipinski definition) is 3. The molecule has 1 heterocycles.